The normalized spacial score (nSPS) is 15.2. The van der Waals surface area contributed by atoms with Crippen LogP contribution in [-0.2, 0) is 56.2 Å². The third-order valence-corrected chi connectivity index (χ3v) is 13.2. The molecule has 0 aromatic heterocycles. The van der Waals surface area contributed by atoms with Crippen molar-refractivity contribution in [2.75, 3.05) is 85.1 Å². The molecule has 2 aromatic carbocycles. The Morgan fingerprint density at radius 2 is 1.08 bits per heavy atom. The van der Waals surface area contributed by atoms with Crippen LogP contribution in [0.4, 0.5) is 4.79 Å². The summed E-state index contributed by atoms with van der Waals surface area (Å²) in [6.07, 6.45) is 1.04. The predicted molar refractivity (Wildman–Crippen MR) is 284 cm³/mol. The van der Waals surface area contributed by atoms with Gasteiger partial charge in [-0.05, 0) is 82.1 Å². The molecule has 2 aromatic rings. The molecule has 3 rings (SSSR count). The molecule has 79 heavy (non-hydrogen) atoms. The second kappa shape index (κ2) is 35.1. The van der Waals surface area contributed by atoms with Crippen molar-refractivity contribution >= 4 is 65.4 Å². The van der Waals surface area contributed by atoms with E-state index in [-0.39, 0.29) is 135 Å². The van der Waals surface area contributed by atoms with Crippen molar-refractivity contribution < 1.29 is 83.4 Å². The molecular weight excluding hydrogens is 1030 g/mol. The van der Waals surface area contributed by atoms with Crippen LogP contribution >= 0.6 is 0 Å². The summed E-state index contributed by atoms with van der Waals surface area (Å²) in [5, 5.41) is 67.8. The van der Waals surface area contributed by atoms with Crippen LogP contribution in [0.2, 0.25) is 0 Å². The summed E-state index contributed by atoms with van der Waals surface area (Å²) in [5.74, 6) is -8.44. The van der Waals surface area contributed by atoms with Gasteiger partial charge in [-0.25, -0.2) is 9.59 Å². The summed E-state index contributed by atoms with van der Waals surface area (Å²) >= 11 is 0. The van der Waals surface area contributed by atoms with Crippen LogP contribution in [0.15, 0.2) is 48.5 Å². The SMILES string of the molecule is CC(=O)[C@@H](CCC(=O)O)NC(=O)N[C@H](CCCCN(Cc1ccc(C)cc1)C(=O)CCCCNC(=O)c1ccc(CNC(=O)CCC(C(=O)O)N2CCN(CC(=O)O)CCN(CC(=O)O)CCN(CC(=O)O)CC2)cc1)C(=O)O. The molecule has 3 atom stereocenters. The van der Waals surface area contributed by atoms with Gasteiger partial charge in [0, 0.05) is 103 Å². The number of hydrogen-bond donors (Lipinski definition) is 10. The second-order valence-electron chi connectivity index (χ2n) is 19.5. The van der Waals surface area contributed by atoms with E-state index in [0.29, 0.717) is 49.9 Å². The lowest BCUT2D eigenvalue weighted by atomic mass is 10.1. The Balaban J connectivity index is 1.49. The fourth-order valence-electron chi connectivity index (χ4n) is 8.69. The van der Waals surface area contributed by atoms with Gasteiger partial charge in [0.1, 0.15) is 12.1 Å². The van der Waals surface area contributed by atoms with Crippen molar-refractivity contribution in [1.82, 2.24) is 45.8 Å². The molecule has 26 nitrogen and oxygen atoms in total. The van der Waals surface area contributed by atoms with Crippen LogP contribution in [-0.4, -0.2) is 224 Å². The Hall–Kier alpha value is -7.55. The number of unbranched alkanes of at least 4 members (excludes halogenated alkanes) is 2. The molecule has 0 bridgehead atoms. The lowest BCUT2D eigenvalue weighted by molar-refractivity contribution is -0.145. The van der Waals surface area contributed by atoms with Gasteiger partial charge in [-0.2, -0.15) is 0 Å². The maximum absolute atomic E-state index is 13.5. The van der Waals surface area contributed by atoms with Gasteiger partial charge < -0.3 is 56.8 Å². The Morgan fingerprint density at radius 3 is 1.58 bits per heavy atom. The fourth-order valence-corrected chi connectivity index (χ4v) is 8.69. The highest BCUT2D eigenvalue weighted by Gasteiger charge is 2.29. The topological polar surface area (TPSA) is 373 Å². The molecule has 436 valence electrons. The van der Waals surface area contributed by atoms with Gasteiger partial charge in [0.25, 0.3) is 5.91 Å². The number of amides is 5. The van der Waals surface area contributed by atoms with Gasteiger partial charge in [0.15, 0.2) is 5.78 Å². The number of Topliss-reactive ketones (excluding diaryl/α,β-unsaturated/α-hetero) is 1. The zero-order valence-corrected chi connectivity index (χ0v) is 44.9. The van der Waals surface area contributed by atoms with Gasteiger partial charge in [-0.3, -0.25) is 62.8 Å². The quantitative estimate of drug-likeness (QED) is 0.0446. The van der Waals surface area contributed by atoms with E-state index in [1.807, 2.05) is 31.2 Å². The van der Waals surface area contributed by atoms with E-state index in [0.717, 1.165) is 11.1 Å². The van der Waals surface area contributed by atoms with E-state index in [1.165, 1.54) is 6.92 Å². The van der Waals surface area contributed by atoms with E-state index in [2.05, 4.69) is 21.3 Å². The van der Waals surface area contributed by atoms with Crippen molar-refractivity contribution in [1.29, 1.82) is 0 Å². The molecule has 1 fully saturated rings. The summed E-state index contributed by atoms with van der Waals surface area (Å²) in [4.78, 5) is 142. The van der Waals surface area contributed by atoms with Crippen molar-refractivity contribution in [2.45, 2.75) is 109 Å². The van der Waals surface area contributed by atoms with Gasteiger partial charge in [0.05, 0.1) is 25.7 Å². The number of carboxylic acid groups (broad SMARTS) is 6. The minimum Gasteiger partial charge on any atom is -0.481 e. The van der Waals surface area contributed by atoms with Gasteiger partial charge in [0.2, 0.25) is 11.8 Å². The summed E-state index contributed by atoms with van der Waals surface area (Å²) in [7, 11) is 0. The number of urea groups is 1. The lowest BCUT2D eigenvalue weighted by Crippen LogP contribution is -2.52. The first-order valence-electron chi connectivity index (χ1n) is 26.3. The van der Waals surface area contributed by atoms with E-state index < -0.39 is 71.7 Å². The van der Waals surface area contributed by atoms with Crippen LogP contribution in [0, 0.1) is 6.92 Å². The Morgan fingerprint density at radius 1 is 0.544 bits per heavy atom. The van der Waals surface area contributed by atoms with E-state index in [4.69, 9.17) is 5.11 Å². The van der Waals surface area contributed by atoms with Crippen molar-refractivity contribution in [3.05, 3.63) is 70.8 Å². The molecule has 1 aliphatic rings. The zero-order chi connectivity index (χ0) is 58.4. The first-order valence-corrected chi connectivity index (χ1v) is 26.3. The lowest BCUT2D eigenvalue weighted by Gasteiger charge is -2.35. The summed E-state index contributed by atoms with van der Waals surface area (Å²) < 4.78 is 0. The van der Waals surface area contributed by atoms with Crippen LogP contribution in [0.1, 0.15) is 98.2 Å². The molecule has 0 aliphatic carbocycles. The number of rotatable bonds is 33. The standard InChI is InChI=1S/C53H77N9O17/c1-36-9-11-39(12-10-36)32-62(22-6-4-7-42(51(75)76)57-53(79)56-41(37(2)63)17-20-46(66)67)45(65)8-3-5-21-54-50(74)40-15-13-38(14-16-40)31-55-44(64)19-18-43(52(77)78)61-29-27-59(34-48(70)71)25-23-58(33-47(68)69)24-26-60(28-30-61)35-49(72)73/h9-16,41-43H,3-8,17-35H2,1-2H3,(H,54,74)(H,55,64)(H,66,67)(H,68,69)(H,70,71)(H,72,73)(H,75,76)(H,77,78)(H2,56,57,79)/t41-,42-,43?/m1/s1. The molecule has 0 radical (unpaired) electrons. The van der Waals surface area contributed by atoms with Crippen molar-refractivity contribution in [3.63, 3.8) is 0 Å². The van der Waals surface area contributed by atoms with Crippen LogP contribution in [0.3, 0.4) is 0 Å². The molecule has 5 amide bonds. The highest BCUT2D eigenvalue weighted by molar-refractivity contribution is 5.94. The first kappa shape index (κ1) is 65.7. The number of carbonyl (C=O) groups excluding carboxylic acids is 5. The third-order valence-electron chi connectivity index (χ3n) is 13.2. The van der Waals surface area contributed by atoms with Gasteiger partial charge in [-0.1, -0.05) is 42.0 Å². The Kier molecular flexibility index (Phi) is 29.2. The fraction of sp³-hybridized carbons (Fsp3) is 0.566. The molecule has 26 heteroatoms. The minimum atomic E-state index is -1.31. The number of nitrogens with zero attached hydrogens (tertiary/aromatic N) is 5. The molecule has 0 saturated carbocycles. The van der Waals surface area contributed by atoms with Crippen LogP contribution in [0.5, 0.6) is 0 Å². The van der Waals surface area contributed by atoms with Gasteiger partial charge in [-0.15, -0.1) is 0 Å². The van der Waals surface area contributed by atoms with E-state index in [1.54, 1.807) is 48.8 Å². The average molecular weight is 1110 g/mol. The molecule has 1 heterocycles. The van der Waals surface area contributed by atoms with Crippen LogP contribution in [0.25, 0.3) is 0 Å². The van der Waals surface area contributed by atoms with Crippen molar-refractivity contribution in [2.24, 2.45) is 0 Å². The highest BCUT2D eigenvalue weighted by atomic mass is 16.4. The number of benzene rings is 2. The molecule has 0 spiro atoms. The van der Waals surface area contributed by atoms with Crippen molar-refractivity contribution in [3.8, 4) is 0 Å². The predicted octanol–water partition coefficient (Wildman–Crippen LogP) is 0.994. The molecule has 1 aliphatic heterocycles. The third kappa shape index (κ3) is 27.1. The van der Waals surface area contributed by atoms with E-state index in [9.17, 15) is 78.3 Å². The number of aliphatic carboxylic acids is 6. The largest absolute Gasteiger partial charge is 0.481 e. The minimum absolute atomic E-state index is 0.0231. The Labute approximate surface area is 458 Å². The monoisotopic (exact) mass is 1110 g/mol. The number of carboxylic acids is 6. The summed E-state index contributed by atoms with van der Waals surface area (Å²) in [5.41, 5.74) is 2.95. The Bertz CT molecular complexity index is 2340. The maximum Gasteiger partial charge on any atom is 0.326 e. The molecule has 10 N–H and O–H groups in total. The average Bonchev–Trinajstić information content (AvgIpc) is 3.37. The highest BCUT2D eigenvalue weighted by Crippen LogP contribution is 2.15. The summed E-state index contributed by atoms with van der Waals surface area (Å²) in [6, 6.07) is 9.68. The second-order valence-corrected chi connectivity index (χ2v) is 19.5. The first-order chi connectivity index (χ1) is 37.5. The van der Waals surface area contributed by atoms with Gasteiger partial charge >= 0.3 is 41.8 Å². The summed E-state index contributed by atoms with van der Waals surface area (Å²) in [6.45, 7) is 4.03. The number of nitrogens with one attached hydrogen (secondary N) is 4. The smallest absolute Gasteiger partial charge is 0.326 e. The maximum atomic E-state index is 13.5. The number of carbonyl (C=O) groups is 11. The van der Waals surface area contributed by atoms with E-state index >= 15 is 0 Å². The molecule has 1 unspecified atom stereocenters. The number of aryl methyl sites for hydroxylation is 1. The molecule has 1 saturated heterocycles. The number of hydrogen-bond acceptors (Lipinski definition) is 15. The van der Waals surface area contributed by atoms with Crippen LogP contribution < -0.4 is 21.3 Å². The zero-order valence-electron chi connectivity index (χ0n) is 44.9. The number of ketones is 1. The molecular formula is C53H77N9O17.